The van der Waals surface area contributed by atoms with E-state index >= 15 is 0 Å². The van der Waals surface area contributed by atoms with Crippen LogP contribution in [0.4, 0.5) is 0 Å². The molecule has 0 saturated carbocycles. The van der Waals surface area contributed by atoms with Crippen LogP contribution < -0.4 is 0 Å². The van der Waals surface area contributed by atoms with Crippen molar-refractivity contribution < 1.29 is 14.3 Å². The second-order valence-electron chi connectivity index (χ2n) is 5.20. The van der Waals surface area contributed by atoms with Gasteiger partial charge >= 0.3 is 0 Å². The second-order valence-corrected chi connectivity index (χ2v) is 5.20. The van der Waals surface area contributed by atoms with Gasteiger partial charge in [0.25, 0.3) is 11.8 Å². The number of carbonyl (C=O) groups is 2. The van der Waals surface area contributed by atoms with E-state index in [1.807, 2.05) is 0 Å². The maximum absolute atomic E-state index is 12.3. The molecule has 2 heterocycles. The van der Waals surface area contributed by atoms with Crippen molar-refractivity contribution in [3.63, 3.8) is 0 Å². The number of ether oxygens (including phenoxy) is 1. The van der Waals surface area contributed by atoms with Gasteiger partial charge in [-0.2, -0.15) is 0 Å². The van der Waals surface area contributed by atoms with Crippen LogP contribution in [0.3, 0.4) is 0 Å². The van der Waals surface area contributed by atoms with Crippen molar-refractivity contribution in [3.8, 4) is 0 Å². The Kier molecular flexibility index (Phi) is 3.54. The topological polar surface area (TPSA) is 49.9 Å². The maximum atomic E-state index is 12.3. The Hall–Kier alpha value is -1.72. The van der Waals surface area contributed by atoms with Crippen molar-refractivity contribution in [2.24, 2.45) is 0 Å². The third-order valence-electron chi connectivity index (χ3n) is 3.90. The number of rotatable bonds is 3. The quantitative estimate of drug-likeness (QED) is 0.781. The van der Waals surface area contributed by atoms with Crippen LogP contribution in [0.25, 0.3) is 0 Å². The molecule has 2 amide bonds. The first-order chi connectivity index (χ1) is 9.70. The normalized spacial score (nSPS) is 23.2. The average molecular weight is 274 g/mol. The van der Waals surface area contributed by atoms with E-state index in [-0.39, 0.29) is 17.9 Å². The van der Waals surface area contributed by atoms with Crippen LogP contribution in [-0.2, 0) is 4.74 Å². The third kappa shape index (κ3) is 2.23. The van der Waals surface area contributed by atoms with Gasteiger partial charge in [-0.3, -0.25) is 19.4 Å². The summed E-state index contributed by atoms with van der Waals surface area (Å²) in [6.45, 7) is 4.61. The van der Waals surface area contributed by atoms with Crippen LogP contribution in [0.15, 0.2) is 24.3 Å². The van der Waals surface area contributed by atoms with Gasteiger partial charge in [0.05, 0.1) is 30.5 Å². The number of hydrogen-bond acceptors (Lipinski definition) is 4. The van der Waals surface area contributed by atoms with E-state index in [0.717, 1.165) is 19.5 Å². The molecular weight excluding hydrogens is 256 g/mol. The largest absolute Gasteiger partial charge is 0.376 e. The molecule has 1 aromatic carbocycles. The highest BCUT2D eigenvalue weighted by Gasteiger charge is 2.36. The van der Waals surface area contributed by atoms with Gasteiger partial charge in [-0.1, -0.05) is 19.1 Å². The molecule has 0 aromatic heterocycles. The van der Waals surface area contributed by atoms with Gasteiger partial charge in [0.15, 0.2) is 0 Å². The van der Waals surface area contributed by atoms with Crippen molar-refractivity contribution in [2.75, 3.05) is 26.4 Å². The molecule has 5 heteroatoms. The first kappa shape index (κ1) is 13.3. The Morgan fingerprint density at radius 3 is 2.45 bits per heavy atom. The van der Waals surface area contributed by atoms with E-state index in [4.69, 9.17) is 4.74 Å². The zero-order chi connectivity index (χ0) is 14.1. The molecule has 2 aliphatic rings. The summed E-state index contributed by atoms with van der Waals surface area (Å²) in [4.78, 5) is 28.0. The molecule has 0 bridgehead atoms. The first-order valence-electron chi connectivity index (χ1n) is 7.00. The number of nitrogens with zero attached hydrogens (tertiary/aromatic N) is 2. The van der Waals surface area contributed by atoms with Crippen molar-refractivity contribution in [1.82, 2.24) is 9.80 Å². The summed E-state index contributed by atoms with van der Waals surface area (Å²) in [5, 5.41) is 0. The highest BCUT2D eigenvalue weighted by Crippen LogP contribution is 2.23. The van der Waals surface area contributed by atoms with Gasteiger partial charge in [-0.15, -0.1) is 0 Å². The molecule has 1 saturated heterocycles. The zero-order valence-corrected chi connectivity index (χ0v) is 11.5. The van der Waals surface area contributed by atoms with Crippen molar-refractivity contribution in [1.29, 1.82) is 0 Å². The lowest BCUT2D eigenvalue weighted by Crippen LogP contribution is -2.48. The lowest BCUT2D eigenvalue weighted by molar-refractivity contribution is -0.0408. The van der Waals surface area contributed by atoms with Gasteiger partial charge < -0.3 is 4.74 Å². The number of fused-ring (bicyclic) bond motifs is 1. The number of hydrogen-bond donors (Lipinski definition) is 0. The fraction of sp³-hybridized carbons (Fsp3) is 0.467. The zero-order valence-electron chi connectivity index (χ0n) is 11.5. The predicted molar refractivity (Wildman–Crippen MR) is 73.4 cm³/mol. The highest BCUT2D eigenvalue weighted by molar-refractivity contribution is 6.21. The van der Waals surface area contributed by atoms with E-state index in [9.17, 15) is 9.59 Å². The van der Waals surface area contributed by atoms with E-state index in [2.05, 4.69) is 11.8 Å². The van der Waals surface area contributed by atoms with Crippen molar-refractivity contribution >= 4 is 11.8 Å². The lowest BCUT2D eigenvalue weighted by Gasteiger charge is -2.34. The summed E-state index contributed by atoms with van der Waals surface area (Å²) in [5.74, 6) is -0.379. The van der Waals surface area contributed by atoms with Crippen LogP contribution in [0.5, 0.6) is 0 Å². The van der Waals surface area contributed by atoms with E-state index in [1.54, 1.807) is 24.3 Å². The molecule has 0 radical (unpaired) electrons. The molecule has 1 atom stereocenters. The lowest BCUT2D eigenvalue weighted by atomic mass is 10.1. The third-order valence-corrected chi connectivity index (χ3v) is 3.90. The van der Waals surface area contributed by atoms with Gasteiger partial charge in [0.1, 0.15) is 0 Å². The molecule has 5 nitrogen and oxygen atoms in total. The molecular formula is C15H18N2O3. The van der Waals surface area contributed by atoms with Gasteiger partial charge in [0.2, 0.25) is 0 Å². The van der Waals surface area contributed by atoms with Crippen molar-refractivity contribution in [3.05, 3.63) is 35.4 Å². The summed E-state index contributed by atoms with van der Waals surface area (Å²) in [5.41, 5.74) is 1.02. The maximum Gasteiger partial charge on any atom is 0.262 e. The first-order valence-corrected chi connectivity index (χ1v) is 7.00. The van der Waals surface area contributed by atoms with Crippen LogP contribution in [-0.4, -0.2) is 54.1 Å². The Balaban J connectivity index is 1.73. The van der Waals surface area contributed by atoms with E-state index < -0.39 is 0 Å². The molecule has 0 spiro atoms. The SMILES string of the molecule is CC[C@H]1CN(CN2C(=O)c3ccccc3C2=O)CCO1. The minimum atomic E-state index is -0.190. The number of benzene rings is 1. The smallest absolute Gasteiger partial charge is 0.262 e. The standard InChI is InChI=1S/C15H18N2O3/c1-2-11-9-16(7-8-20-11)10-17-14(18)12-5-3-4-6-13(12)15(17)19/h3-6,11H,2,7-10H2,1H3/t11-/m0/s1. The molecule has 2 aliphatic heterocycles. The van der Waals surface area contributed by atoms with E-state index in [1.165, 1.54) is 4.90 Å². The molecule has 3 rings (SSSR count). The minimum Gasteiger partial charge on any atom is -0.376 e. The molecule has 1 aromatic rings. The number of amides is 2. The Bertz CT molecular complexity index is 509. The van der Waals surface area contributed by atoms with Crippen molar-refractivity contribution in [2.45, 2.75) is 19.4 Å². The number of imide groups is 1. The molecule has 0 unspecified atom stereocenters. The summed E-state index contributed by atoms with van der Waals surface area (Å²) in [6, 6.07) is 7.00. The Labute approximate surface area is 118 Å². The van der Waals surface area contributed by atoms with E-state index in [0.29, 0.717) is 24.4 Å². The molecule has 1 fully saturated rings. The van der Waals surface area contributed by atoms with Crippen LogP contribution in [0.2, 0.25) is 0 Å². The monoisotopic (exact) mass is 274 g/mol. The molecule has 0 aliphatic carbocycles. The summed E-state index contributed by atoms with van der Waals surface area (Å²) in [7, 11) is 0. The fourth-order valence-electron chi connectivity index (χ4n) is 2.72. The second kappa shape index (κ2) is 5.34. The molecule has 0 N–H and O–H groups in total. The minimum absolute atomic E-state index is 0.190. The fourth-order valence-corrected chi connectivity index (χ4v) is 2.72. The number of carbonyl (C=O) groups excluding carboxylic acids is 2. The average Bonchev–Trinajstić information content (AvgIpc) is 2.73. The van der Waals surface area contributed by atoms with Gasteiger partial charge in [-0.05, 0) is 18.6 Å². The molecule has 20 heavy (non-hydrogen) atoms. The predicted octanol–water partition coefficient (Wildman–Crippen LogP) is 1.35. The highest BCUT2D eigenvalue weighted by atomic mass is 16.5. The molecule has 106 valence electrons. The van der Waals surface area contributed by atoms with Crippen LogP contribution >= 0.6 is 0 Å². The summed E-state index contributed by atoms with van der Waals surface area (Å²) < 4.78 is 5.61. The van der Waals surface area contributed by atoms with Crippen LogP contribution in [0.1, 0.15) is 34.1 Å². The van der Waals surface area contributed by atoms with Gasteiger partial charge in [-0.25, -0.2) is 0 Å². The Morgan fingerprint density at radius 2 is 1.85 bits per heavy atom. The van der Waals surface area contributed by atoms with Gasteiger partial charge in [0, 0.05) is 13.1 Å². The summed E-state index contributed by atoms with van der Waals surface area (Å²) in [6.07, 6.45) is 1.14. The Morgan fingerprint density at radius 1 is 1.20 bits per heavy atom. The number of morpholine rings is 1. The van der Waals surface area contributed by atoms with Crippen LogP contribution in [0, 0.1) is 0 Å². The summed E-state index contributed by atoms with van der Waals surface area (Å²) >= 11 is 0.